The number of carbonyl (C=O) groups excluding carboxylic acids is 1. The fourth-order valence-electron chi connectivity index (χ4n) is 1.84. The Morgan fingerprint density at radius 1 is 1.17 bits per heavy atom. The molecule has 1 atom stereocenters. The van der Waals surface area contributed by atoms with Gasteiger partial charge < -0.3 is 5.32 Å². The Labute approximate surface area is 142 Å². The Morgan fingerprint density at radius 3 is 2.65 bits per heavy atom. The summed E-state index contributed by atoms with van der Waals surface area (Å²) in [5, 5.41) is 5.65. The normalized spacial score (nSPS) is 11.9. The molecule has 1 aromatic carbocycles. The molecule has 0 saturated carbocycles. The molecule has 0 aliphatic carbocycles. The molecule has 5 nitrogen and oxygen atoms in total. The lowest BCUT2D eigenvalue weighted by Crippen LogP contribution is -2.22. The van der Waals surface area contributed by atoms with Crippen molar-refractivity contribution >= 4 is 34.1 Å². The van der Waals surface area contributed by atoms with Gasteiger partial charge in [-0.3, -0.25) is 4.79 Å². The van der Waals surface area contributed by atoms with Gasteiger partial charge >= 0.3 is 0 Å². The molecule has 0 aliphatic rings. The molecule has 1 N–H and O–H groups in total. The van der Waals surface area contributed by atoms with E-state index >= 15 is 0 Å². The summed E-state index contributed by atoms with van der Waals surface area (Å²) in [6.07, 6.45) is 3.32. The van der Waals surface area contributed by atoms with Gasteiger partial charge in [0.15, 0.2) is 10.3 Å². The van der Waals surface area contributed by atoms with Crippen molar-refractivity contribution in [3.63, 3.8) is 0 Å². The van der Waals surface area contributed by atoms with Crippen molar-refractivity contribution in [1.29, 1.82) is 0 Å². The zero-order chi connectivity index (χ0) is 16.1. The summed E-state index contributed by atoms with van der Waals surface area (Å²) in [5.41, 5.74) is 1.89. The van der Waals surface area contributed by atoms with Crippen LogP contribution in [0.1, 0.15) is 6.92 Å². The topological polar surface area (TPSA) is 67.8 Å². The SMILES string of the molecule is C[C@H](Sc1ncccn1)C(=O)Nc1nc(-c2ccccc2)cs1. The molecule has 3 aromatic rings. The van der Waals surface area contributed by atoms with Gasteiger partial charge in [-0.2, -0.15) is 0 Å². The van der Waals surface area contributed by atoms with Crippen LogP contribution in [-0.2, 0) is 4.79 Å². The molecule has 0 bridgehead atoms. The highest BCUT2D eigenvalue weighted by atomic mass is 32.2. The zero-order valence-electron chi connectivity index (χ0n) is 12.3. The second-order valence-electron chi connectivity index (χ2n) is 4.68. The number of amides is 1. The summed E-state index contributed by atoms with van der Waals surface area (Å²) in [4.78, 5) is 24.9. The van der Waals surface area contributed by atoms with Gasteiger partial charge in [0, 0.05) is 23.3 Å². The van der Waals surface area contributed by atoms with E-state index in [0.717, 1.165) is 11.3 Å². The predicted octanol–water partition coefficient (Wildman–Crippen LogP) is 3.72. The molecular formula is C16H14N4OS2. The molecule has 0 radical (unpaired) electrons. The lowest BCUT2D eigenvalue weighted by Gasteiger charge is -2.08. The minimum Gasteiger partial charge on any atom is -0.301 e. The van der Waals surface area contributed by atoms with Gasteiger partial charge in [-0.1, -0.05) is 42.1 Å². The number of benzene rings is 1. The Bertz CT molecular complexity index is 777. The Hall–Kier alpha value is -2.25. The van der Waals surface area contributed by atoms with Crippen LogP contribution in [0.2, 0.25) is 0 Å². The monoisotopic (exact) mass is 342 g/mol. The van der Waals surface area contributed by atoms with Gasteiger partial charge in [0.2, 0.25) is 5.91 Å². The first-order chi connectivity index (χ1) is 11.2. The van der Waals surface area contributed by atoms with E-state index in [2.05, 4.69) is 20.3 Å². The summed E-state index contributed by atoms with van der Waals surface area (Å²) in [6.45, 7) is 1.82. The molecule has 0 aliphatic heterocycles. The zero-order valence-corrected chi connectivity index (χ0v) is 14.0. The summed E-state index contributed by atoms with van der Waals surface area (Å²) in [5.74, 6) is -0.114. The van der Waals surface area contributed by atoms with Crippen molar-refractivity contribution < 1.29 is 4.79 Å². The summed E-state index contributed by atoms with van der Waals surface area (Å²) >= 11 is 2.73. The van der Waals surface area contributed by atoms with E-state index < -0.39 is 0 Å². The number of hydrogen-bond acceptors (Lipinski definition) is 6. The predicted molar refractivity (Wildman–Crippen MR) is 93.5 cm³/mol. The highest BCUT2D eigenvalue weighted by molar-refractivity contribution is 8.00. The molecule has 0 spiro atoms. The number of rotatable bonds is 5. The maximum Gasteiger partial charge on any atom is 0.239 e. The lowest BCUT2D eigenvalue weighted by atomic mass is 10.2. The fourth-order valence-corrected chi connectivity index (χ4v) is 3.29. The van der Waals surface area contributed by atoms with Crippen LogP contribution in [0, 0.1) is 0 Å². The Balaban J connectivity index is 1.63. The first-order valence-electron chi connectivity index (χ1n) is 6.98. The summed E-state index contributed by atoms with van der Waals surface area (Å²) in [6, 6.07) is 11.6. The van der Waals surface area contributed by atoms with Crippen molar-refractivity contribution in [1.82, 2.24) is 15.0 Å². The number of thiazole rings is 1. The number of nitrogens with one attached hydrogen (secondary N) is 1. The molecule has 23 heavy (non-hydrogen) atoms. The first kappa shape index (κ1) is 15.6. The highest BCUT2D eigenvalue weighted by Gasteiger charge is 2.17. The van der Waals surface area contributed by atoms with E-state index in [1.165, 1.54) is 23.1 Å². The van der Waals surface area contributed by atoms with Gasteiger partial charge in [0.25, 0.3) is 0 Å². The van der Waals surface area contributed by atoms with Gasteiger partial charge in [0.1, 0.15) is 0 Å². The number of anilines is 1. The highest BCUT2D eigenvalue weighted by Crippen LogP contribution is 2.26. The molecule has 7 heteroatoms. The van der Waals surface area contributed by atoms with Crippen molar-refractivity contribution in [2.75, 3.05) is 5.32 Å². The number of thioether (sulfide) groups is 1. The third-order valence-corrected chi connectivity index (χ3v) is 4.74. The minimum absolute atomic E-state index is 0.114. The maximum absolute atomic E-state index is 12.2. The van der Waals surface area contributed by atoms with E-state index in [1.54, 1.807) is 18.5 Å². The molecule has 1 amide bonds. The van der Waals surface area contributed by atoms with Gasteiger partial charge in [-0.15, -0.1) is 11.3 Å². The first-order valence-corrected chi connectivity index (χ1v) is 8.74. The van der Waals surface area contributed by atoms with E-state index in [4.69, 9.17) is 0 Å². The van der Waals surface area contributed by atoms with E-state index in [1.807, 2.05) is 42.6 Å². The number of aromatic nitrogens is 3. The van der Waals surface area contributed by atoms with Crippen LogP contribution in [0.25, 0.3) is 11.3 Å². The molecule has 0 fully saturated rings. The largest absolute Gasteiger partial charge is 0.301 e. The van der Waals surface area contributed by atoms with Crippen molar-refractivity contribution in [2.24, 2.45) is 0 Å². The van der Waals surface area contributed by atoms with Crippen LogP contribution in [-0.4, -0.2) is 26.1 Å². The van der Waals surface area contributed by atoms with Crippen molar-refractivity contribution in [3.05, 3.63) is 54.2 Å². The molecular weight excluding hydrogens is 328 g/mol. The average Bonchev–Trinajstić information content (AvgIpc) is 3.05. The Kier molecular flexibility index (Phi) is 4.99. The van der Waals surface area contributed by atoms with E-state index in [-0.39, 0.29) is 11.2 Å². The maximum atomic E-state index is 12.2. The van der Waals surface area contributed by atoms with Crippen LogP contribution < -0.4 is 5.32 Å². The van der Waals surface area contributed by atoms with E-state index in [9.17, 15) is 4.79 Å². The smallest absolute Gasteiger partial charge is 0.239 e. The number of carbonyl (C=O) groups is 1. The second-order valence-corrected chi connectivity index (χ2v) is 6.85. The minimum atomic E-state index is -0.304. The van der Waals surface area contributed by atoms with Crippen LogP contribution in [0.4, 0.5) is 5.13 Å². The lowest BCUT2D eigenvalue weighted by molar-refractivity contribution is -0.115. The molecule has 116 valence electrons. The van der Waals surface area contributed by atoms with Crippen molar-refractivity contribution in [3.8, 4) is 11.3 Å². The third-order valence-electron chi connectivity index (χ3n) is 3.00. The third kappa shape index (κ3) is 4.14. The molecule has 2 heterocycles. The second kappa shape index (κ2) is 7.34. The van der Waals surface area contributed by atoms with Crippen molar-refractivity contribution in [2.45, 2.75) is 17.3 Å². The molecule has 0 saturated heterocycles. The fraction of sp³-hybridized carbons (Fsp3) is 0.125. The summed E-state index contributed by atoms with van der Waals surface area (Å²) < 4.78 is 0. The van der Waals surface area contributed by atoms with Gasteiger partial charge in [0.05, 0.1) is 10.9 Å². The van der Waals surface area contributed by atoms with E-state index in [0.29, 0.717) is 10.3 Å². The van der Waals surface area contributed by atoms with Gasteiger partial charge in [-0.05, 0) is 13.0 Å². The van der Waals surface area contributed by atoms with Crippen LogP contribution >= 0.6 is 23.1 Å². The summed E-state index contributed by atoms with van der Waals surface area (Å²) in [7, 11) is 0. The molecule has 0 unspecified atom stereocenters. The standard InChI is InChI=1S/C16H14N4OS2/c1-11(23-15-17-8-5-9-18-15)14(21)20-16-19-13(10-22-16)12-6-3-2-4-7-12/h2-11H,1H3,(H,19,20,21)/t11-/m0/s1. The molecule has 3 rings (SSSR count). The van der Waals surface area contributed by atoms with Crippen LogP contribution in [0.3, 0.4) is 0 Å². The Morgan fingerprint density at radius 2 is 1.91 bits per heavy atom. The van der Waals surface area contributed by atoms with Gasteiger partial charge in [-0.25, -0.2) is 15.0 Å². The quantitative estimate of drug-likeness (QED) is 0.565. The van der Waals surface area contributed by atoms with Crippen LogP contribution in [0.5, 0.6) is 0 Å². The van der Waals surface area contributed by atoms with Crippen LogP contribution in [0.15, 0.2) is 59.3 Å². The average molecular weight is 342 g/mol. The molecule has 2 aromatic heterocycles. The number of hydrogen-bond donors (Lipinski definition) is 1. The number of nitrogens with zero attached hydrogens (tertiary/aromatic N) is 3.